The summed E-state index contributed by atoms with van der Waals surface area (Å²) < 4.78 is 0. The van der Waals surface area contributed by atoms with Crippen molar-refractivity contribution in [1.82, 2.24) is 0 Å². The Morgan fingerprint density at radius 2 is 1.33 bits per heavy atom. The fourth-order valence-electron chi connectivity index (χ4n) is 3.77. The van der Waals surface area contributed by atoms with Gasteiger partial charge in [0.1, 0.15) is 0 Å². The molecule has 0 aromatic carbocycles. The largest absolute Gasteiger partial charge is 0.396 e. The van der Waals surface area contributed by atoms with E-state index in [2.05, 4.69) is 55.0 Å². The van der Waals surface area contributed by atoms with Gasteiger partial charge in [0, 0.05) is 6.61 Å². The van der Waals surface area contributed by atoms with Crippen LogP contribution in [0.4, 0.5) is 0 Å². The molecule has 0 aromatic heterocycles. The number of rotatable bonds is 8. The van der Waals surface area contributed by atoms with E-state index in [1.165, 1.54) is 6.04 Å². The number of aliphatic hydroxyl groups excluding tert-OH is 1. The van der Waals surface area contributed by atoms with E-state index in [0.717, 1.165) is 16.6 Å². The maximum absolute atomic E-state index is 9.71. The number of hydrogen-bond donors (Lipinski definition) is 1. The first-order chi connectivity index (χ1) is 8.23. The lowest BCUT2D eigenvalue weighted by Gasteiger charge is -2.46. The molecule has 0 bridgehead atoms. The molecule has 0 aliphatic carbocycles. The van der Waals surface area contributed by atoms with Crippen LogP contribution in [0.2, 0.25) is 22.7 Å². The van der Waals surface area contributed by atoms with Crippen molar-refractivity contribution in [3.63, 3.8) is 0 Å². The van der Waals surface area contributed by atoms with Crippen molar-refractivity contribution in [2.24, 2.45) is 11.8 Å². The summed E-state index contributed by atoms with van der Waals surface area (Å²) in [4.78, 5) is 0. The average molecular weight is 271 g/mol. The summed E-state index contributed by atoms with van der Waals surface area (Å²) in [5, 5.41) is 9.71. The molecule has 0 aliphatic rings. The van der Waals surface area contributed by atoms with Crippen LogP contribution in [0.1, 0.15) is 48.5 Å². The Bertz CT molecular complexity index is 224. The van der Waals surface area contributed by atoms with Gasteiger partial charge < -0.3 is 5.11 Å². The molecule has 0 aromatic rings. The smallest absolute Gasteiger partial charge is 0.0616 e. The quantitative estimate of drug-likeness (QED) is 0.481. The highest BCUT2D eigenvalue weighted by atomic mass is 28.3. The van der Waals surface area contributed by atoms with Crippen LogP contribution in [-0.4, -0.2) is 19.8 Å². The monoisotopic (exact) mass is 270 g/mol. The first-order valence-corrected chi connectivity index (χ1v) is 9.91. The van der Waals surface area contributed by atoms with Crippen LogP contribution >= 0.6 is 0 Å². The zero-order chi connectivity index (χ0) is 14.5. The molecule has 0 radical (unpaired) electrons. The predicted octanol–water partition coefficient (Wildman–Crippen LogP) is 5.10. The van der Waals surface area contributed by atoms with Gasteiger partial charge in [-0.25, -0.2) is 0 Å². The summed E-state index contributed by atoms with van der Waals surface area (Å²) in [6, 6.07) is 1.23. The maximum atomic E-state index is 9.71. The molecule has 0 saturated carbocycles. The van der Waals surface area contributed by atoms with E-state index in [1.807, 2.05) is 6.08 Å². The van der Waals surface area contributed by atoms with Crippen molar-refractivity contribution in [1.29, 1.82) is 0 Å². The second kappa shape index (κ2) is 7.49. The minimum absolute atomic E-state index is 0.300. The third-order valence-electron chi connectivity index (χ3n) is 5.19. The van der Waals surface area contributed by atoms with Gasteiger partial charge in [-0.2, -0.15) is 0 Å². The van der Waals surface area contributed by atoms with Gasteiger partial charge in [-0.05, 0) is 11.8 Å². The van der Waals surface area contributed by atoms with Gasteiger partial charge in [-0.15, -0.1) is 6.58 Å². The fraction of sp³-hybridized carbons (Fsp3) is 0.875. The van der Waals surface area contributed by atoms with Crippen molar-refractivity contribution in [3.8, 4) is 0 Å². The van der Waals surface area contributed by atoms with Gasteiger partial charge in [0.15, 0.2) is 0 Å². The molecule has 0 rings (SSSR count). The van der Waals surface area contributed by atoms with Crippen LogP contribution in [-0.2, 0) is 0 Å². The van der Waals surface area contributed by atoms with Gasteiger partial charge in [-0.1, -0.05) is 77.2 Å². The molecule has 0 heterocycles. The van der Waals surface area contributed by atoms with E-state index in [4.69, 9.17) is 0 Å². The van der Waals surface area contributed by atoms with Crippen molar-refractivity contribution in [2.75, 3.05) is 6.61 Å². The summed E-state index contributed by atoms with van der Waals surface area (Å²) in [5.74, 6) is 0.805. The first-order valence-electron chi connectivity index (χ1n) is 7.47. The minimum Gasteiger partial charge on any atom is -0.396 e. The molecule has 2 heteroatoms. The standard InChI is InChI=1S/C16H34OSi/c1-9-15(8)16(10-17)11-18(12(2)3,13(4)5)14(6)7/h9,12-17H,1,10-11H2,2-8H3. The Morgan fingerprint density at radius 3 is 1.56 bits per heavy atom. The predicted molar refractivity (Wildman–Crippen MR) is 85.8 cm³/mol. The summed E-state index contributed by atoms with van der Waals surface area (Å²) in [6.07, 6.45) is 2.00. The minimum atomic E-state index is -1.40. The summed E-state index contributed by atoms with van der Waals surface area (Å²) >= 11 is 0. The molecule has 0 spiro atoms. The van der Waals surface area contributed by atoms with Gasteiger partial charge >= 0.3 is 0 Å². The number of allylic oxidation sites excluding steroid dienone is 1. The van der Waals surface area contributed by atoms with Gasteiger partial charge in [0.25, 0.3) is 0 Å². The van der Waals surface area contributed by atoms with Crippen LogP contribution in [0, 0.1) is 11.8 Å². The van der Waals surface area contributed by atoms with Crippen LogP contribution < -0.4 is 0 Å². The molecule has 0 saturated heterocycles. The Morgan fingerprint density at radius 1 is 0.944 bits per heavy atom. The zero-order valence-corrected chi connectivity index (χ0v) is 14.5. The second-order valence-electron chi connectivity index (χ2n) is 6.82. The topological polar surface area (TPSA) is 20.2 Å². The first kappa shape index (κ1) is 17.9. The Kier molecular flexibility index (Phi) is 7.46. The van der Waals surface area contributed by atoms with Crippen molar-refractivity contribution < 1.29 is 5.11 Å². The van der Waals surface area contributed by atoms with Crippen molar-refractivity contribution in [3.05, 3.63) is 12.7 Å². The highest BCUT2D eigenvalue weighted by molar-refractivity contribution is 6.83. The van der Waals surface area contributed by atoms with E-state index in [0.29, 0.717) is 18.4 Å². The van der Waals surface area contributed by atoms with E-state index < -0.39 is 8.07 Å². The van der Waals surface area contributed by atoms with Crippen LogP contribution in [0.25, 0.3) is 0 Å². The van der Waals surface area contributed by atoms with Crippen LogP contribution in [0.3, 0.4) is 0 Å². The summed E-state index contributed by atoms with van der Waals surface area (Å²) in [5.41, 5.74) is 2.30. The molecular formula is C16H34OSi. The average Bonchev–Trinajstić information content (AvgIpc) is 2.28. The van der Waals surface area contributed by atoms with Gasteiger partial charge in [-0.3, -0.25) is 0 Å². The summed E-state index contributed by atoms with van der Waals surface area (Å²) in [6.45, 7) is 20.7. The molecule has 0 fully saturated rings. The molecule has 108 valence electrons. The fourth-order valence-corrected chi connectivity index (χ4v) is 10.6. The molecule has 0 aliphatic heterocycles. The second-order valence-corrected chi connectivity index (χ2v) is 12.9. The van der Waals surface area contributed by atoms with E-state index in [-0.39, 0.29) is 0 Å². The molecule has 1 nitrogen and oxygen atoms in total. The third-order valence-corrected chi connectivity index (χ3v) is 12.9. The van der Waals surface area contributed by atoms with Crippen molar-refractivity contribution in [2.45, 2.75) is 71.1 Å². The third kappa shape index (κ3) is 3.71. The molecule has 18 heavy (non-hydrogen) atoms. The SMILES string of the molecule is C=CC(C)C(CO)C[Si](C(C)C)(C(C)C)C(C)C. The highest BCUT2D eigenvalue weighted by Crippen LogP contribution is 2.47. The molecular weight excluding hydrogens is 236 g/mol. The van der Waals surface area contributed by atoms with Crippen LogP contribution in [0.15, 0.2) is 12.7 Å². The lowest BCUT2D eigenvalue weighted by molar-refractivity contribution is 0.210. The molecule has 0 amide bonds. The van der Waals surface area contributed by atoms with Crippen LogP contribution in [0.5, 0.6) is 0 Å². The number of hydrogen-bond acceptors (Lipinski definition) is 1. The van der Waals surface area contributed by atoms with Gasteiger partial charge in [0.2, 0.25) is 0 Å². The maximum Gasteiger partial charge on any atom is 0.0616 e. The molecule has 1 N–H and O–H groups in total. The van der Waals surface area contributed by atoms with Crippen molar-refractivity contribution >= 4 is 8.07 Å². The van der Waals surface area contributed by atoms with E-state index in [9.17, 15) is 5.11 Å². The number of aliphatic hydroxyl groups is 1. The highest BCUT2D eigenvalue weighted by Gasteiger charge is 2.44. The Hall–Kier alpha value is -0.0831. The zero-order valence-electron chi connectivity index (χ0n) is 13.5. The van der Waals surface area contributed by atoms with E-state index in [1.54, 1.807) is 0 Å². The molecule has 2 atom stereocenters. The Labute approximate surface area is 116 Å². The lowest BCUT2D eigenvalue weighted by atomic mass is 9.97. The Balaban J connectivity index is 5.26. The summed E-state index contributed by atoms with van der Waals surface area (Å²) in [7, 11) is -1.40. The normalized spacial score (nSPS) is 16.4. The molecule has 2 unspecified atom stereocenters. The van der Waals surface area contributed by atoms with E-state index >= 15 is 0 Å². The van der Waals surface area contributed by atoms with Gasteiger partial charge in [0.05, 0.1) is 8.07 Å². The lowest BCUT2D eigenvalue weighted by Crippen LogP contribution is -2.47.